The number of allylic oxidation sites excluding steroid dienone is 1. The number of aryl methyl sites for hydroxylation is 1. The number of carbonyl (C=O) groups excluding carboxylic acids is 1. The Hall–Kier alpha value is -2.85. The van der Waals surface area contributed by atoms with E-state index in [4.69, 9.17) is 4.74 Å². The lowest BCUT2D eigenvalue weighted by Gasteiger charge is -2.14. The molecule has 0 radical (unpaired) electrons. The zero-order valence-electron chi connectivity index (χ0n) is 13.3. The van der Waals surface area contributed by atoms with Crippen LogP contribution in [-0.2, 0) is 0 Å². The molecule has 1 aromatic heterocycles. The van der Waals surface area contributed by atoms with Gasteiger partial charge in [0.25, 0.3) is 0 Å². The molecule has 0 fully saturated rings. The maximum absolute atomic E-state index is 12.6. The molecule has 1 atom stereocenters. The minimum atomic E-state index is -0.858. The first-order valence-electron chi connectivity index (χ1n) is 7.88. The number of ether oxygens (including phenoxy) is 1. The van der Waals surface area contributed by atoms with Crippen LogP contribution in [-0.4, -0.2) is 22.6 Å². The van der Waals surface area contributed by atoms with Gasteiger partial charge in [-0.3, -0.25) is 4.79 Å². The number of aliphatic hydroxyl groups is 1. The number of methoxy groups -OCH3 is 1. The van der Waals surface area contributed by atoms with Gasteiger partial charge < -0.3 is 14.4 Å². The summed E-state index contributed by atoms with van der Waals surface area (Å²) in [5.74, 6) is 0.615. The summed E-state index contributed by atoms with van der Waals surface area (Å²) in [6.07, 6.45) is 2.62. The third kappa shape index (κ3) is 1.44. The van der Waals surface area contributed by atoms with Gasteiger partial charge in [-0.15, -0.1) is 0 Å². The van der Waals surface area contributed by atoms with E-state index >= 15 is 0 Å². The Morgan fingerprint density at radius 2 is 2.04 bits per heavy atom. The van der Waals surface area contributed by atoms with Gasteiger partial charge in [0.15, 0.2) is 12.0 Å². The van der Waals surface area contributed by atoms with Crippen LogP contribution in [0.1, 0.15) is 33.3 Å². The van der Waals surface area contributed by atoms with Crippen molar-refractivity contribution < 1.29 is 14.6 Å². The number of benzene rings is 2. The molecule has 2 heterocycles. The number of hydrogen-bond acceptors (Lipinski definition) is 3. The second kappa shape index (κ2) is 4.36. The third-order valence-corrected chi connectivity index (χ3v) is 4.98. The maximum Gasteiger partial charge on any atom is 0.188 e. The summed E-state index contributed by atoms with van der Waals surface area (Å²) in [6.45, 7) is 2.02. The summed E-state index contributed by atoms with van der Waals surface area (Å²) in [5.41, 5.74) is 6.05. The van der Waals surface area contributed by atoms with Gasteiger partial charge in [0.05, 0.1) is 29.4 Å². The van der Waals surface area contributed by atoms with Crippen molar-refractivity contribution in [3.05, 3.63) is 58.7 Å². The summed E-state index contributed by atoms with van der Waals surface area (Å²) in [6, 6.07) is 9.76. The smallest absolute Gasteiger partial charge is 0.188 e. The van der Waals surface area contributed by atoms with E-state index in [9.17, 15) is 9.90 Å². The Balaban J connectivity index is 2.00. The van der Waals surface area contributed by atoms with Crippen LogP contribution in [0.5, 0.6) is 5.75 Å². The van der Waals surface area contributed by atoms with E-state index < -0.39 is 6.23 Å². The Kier molecular flexibility index (Phi) is 2.47. The van der Waals surface area contributed by atoms with Crippen molar-refractivity contribution >= 4 is 22.8 Å². The van der Waals surface area contributed by atoms with E-state index in [0.29, 0.717) is 11.3 Å². The molecule has 0 unspecified atom stereocenters. The predicted octanol–water partition coefficient (Wildman–Crippen LogP) is 3.69. The molecule has 2 aliphatic rings. The average Bonchev–Trinajstić information content (AvgIpc) is 3.06. The van der Waals surface area contributed by atoms with E-state index in [1.165, 1.54) is 0 Å². The SMILES string of the molecule is COc1cccc2c1[C@@H](O)n1c-2c2c3c(cc(C)cc31)C=CC2=O. The highest BCUT2D eigenvalue weighted by Crippen LogP contribution is 2.50. The van der Waals surface area contributed by atoms with Crippen LogP contribution in [0.4, 0.5) is 0 Å². The van der Waals surface area contributed by atoms with Gasteiger partial charge in [0, 0.05) is 10.9 Å². The van der Waals surface area contributed by atoms with E-state index in [-0.39, 0.29) is 5.78 Å². The molecule has 0 amide bonds. The summed E-state index contributed by atoms with van der Waals surface area (Å²) >= 11 is 0. The van der Waals surface area contributed by atoms with Gasteiger partial charge in [-0.1, -0.05) is 24.3 Å². The summed E-state index contributed by atoms with van der Waals surface area (Å²) in [5, 5.41) is 11.9. The van der Waals surface area contributed by atoms with Gasteiger partial charge in [-0.05, 0) is 36.3 Å². The number of nitrogens with zero attached hydrogens (tertiary/aromatic N) is 1. The molecule has 0 saturated carbocycles. The minimum Gasteiger partial charge on any atom is -0.496 e. The fourth-order valence-electron chi connectivity index (χ4n) is 4.08. The Bertz CT molecular complexity index is 1090. The molecule has 1 aliphatic carbocycles. The van der Waals surface area contributed by atoms with Crippen molar-refractivity contribution in [2.75, 3.05) is 7.11 Å². The van der Waals surface area contributed by atoms with Crippen LogP contribution in [0, 0.1) is 6.92 Å². The van der Waals surface area contributed by atoms with Crippen LogP contribution in [0.2, 0.25) is 0 Å². The van der Waals surface area contributed by atoms with Gasteiger partial charge in [-0.2, -0.15) is 0 Å². The molecular formula is C20H15NO3. The van der Waals surface area contributed by atoms with Crippen molar-refractivity contribution in [3.63, 3.8) is 0 Å². The highest BCUT2D eigenvalue weighted by atomic mass is 16.5. The molecular weight excluding hydrogens is 302 g/mol. The van der Waals surface area contributed by atoms with Crippen molar-refractivity contribution in [2.24, 2.45) is 0 Å². The molecule has 1 aliphatic heterocycles. The van der Waals surface area contributed by atoms with Crippen LogP contribution in [0.15, 0.2) is 36.4 Å². The molecule has 0 bridgehead atoms. The molecule has 4 nitrogen and oxygen atoms in total. The number of carbonyl (C=O) groups is 1. The molecule has 24 heavy (non-hydrogen) atoms. The van der Waals surface area contributed by atoms with Crippen molar-refractivity contribution in [3.8, 4) is 17.0 Å². The lowest BCUT2D eigenvalue weighted by molar-refractivity contribution is 0.104. The number of ketones is 1. The molecule has 3 aromatic rings. The summed E-state index contributed by atoms with van der Waals surface area (Å²) in [7, 11) is 1.59. The molecule has 5 rings (SSSR count). The largest absolute Gasteiger partial charge is 0.496 e. The lowest BCUT2D eigenvalue weighted by atomic mass is 9.92. The third-order valence-electron chi connectivity index (χ3n) is 4.98. The maximum atomic E-state index is 12.6. The van der Waals surface area contributed by atoms with Crippen molar-refractivity contribution in [2.45, 2.75) is 13.2 Å². The van der Waals surface area contributed by atoms with Gasteiger partial charge >= 0.3 is 0 Å². The average molecular weight is 317 g/mol. The minimum absolute atomic E-state index is 0.0204. The van der Waals surface area contributed by atoms with Crippen LogP contribution in [0.3, 0.4) is 0 Å². The van der Waals surface area contributed by atoms with Crippen LogP contribution < -0.4 is 4.74 Å². The first-order chi connectivity index (χ1) is 11.6. The number of aromatic nitrogens is 1. The van der Waals surface area contributed by atoms with Crippen molar-refractivity contribution in [1.82, 2.24) is 4.57 Å². The zero-order valence-corrected chi connectivity index (χ0v) is 13.3. The summed E-state index contributed by atoms with van der Waals surface area (Å²) < 4.78 is 7.29. The van der Waals surface area contributed by atoms with Gasteiger partial charge in [0.2, 0.25) is 0 Å². The number of fused-ring (bicyclic) bond motifs is 5. The lowest BCUT2D eigenvalue weighted by Crippen LogP contribution is -2.05. The fraction of sp³-hybridized carbons (Fsp3) is 0.150. The molecule has 1 N–H and O–H groups in total. The molecule has 0 spiro atoms. The monoisotopic (exact) mass is 317 g/mol. The highest BCUT2D eigenvalue weighted by Gasteiger charge is 2.37. The normalized spacial score (nSPS) is 17.3. The molecule has 4 heteroatoms. The van der Waals surface area contributed by atoms with Crippen LogP contribution in [0.25, 0.3) is 28.2 Å². The van der Waals surface area contributed by atoms with Crippen molar-refractivity contribution in [1.29, 1.82) is 0 Å². The van der Waals surface area contributed by atoms with E-state index in [2.05, 4.69) is 6.07 Å². The summed E-state index contributed by atoms with van der Waals surface area (Å²) in [4.78, 5) is 12.6. The highest BCUT2D eigenvalue weighted by molar-refractivity contribution is 6.24. The standard InChI is InChI=1S/C20H15NO3/c1-10-8-11-6-7-14(22)18-16(11)13(9-10)21-19(18)12-4-3-5-15(24-2)17(12)20(21)23/h3-9,20,23H,1-2H3/t20-/m1/s1. The number of hydrogen-bond donors (Lipinski definition) is 1. The quantitative estimate of drug-likeness (QED) is 0.745. The van der Waals surface area contributed by atoms with E-state index in [0.717, 1.165) is 38.9 Å². The zero-order chi connectivity index (χ0) is 16.6. The fourth-order valence-corrected chi connectivity index (χ4v) is 4.08. The first kappa shape index (κ1) is 13.6. The predicted molar refractivity (Wildman–Crippen MR) is 92.4 cm³/mol. The van der Waals surface area contributed by atoms with Gasteiger partial charge in [-0.25, -0.2) is 0 Å². The Labute approximate surface area is 138 Å². The van der Waals surface area contributed by atoms with E-state index in [1.54, 1.807) is 13.2 Å². The Morgan fingerprint density at radius 3 is 2.83 bits per heavy atom. The molecule has 2 aromatic carbocycles. The first-order valence-corrected chi connectivity index (χ1v) is 7.88. The molecule has 118 valence electrons. The topological polar surface area (TPSA) is 51.5 Å². The second-order valence-corrected chi connectivity index (χ2v) is 6.33. The second-order valence-electron chi connectivity index (χ2n) is 6.33. The van der Waals surface area contributed by atoms with E-state index in [1.807, 2.05) is 41.8 Å². The van der Waals surface area contributed by atoms with Gasteiger partial charge in [0.1, 0.15) is 5.75 Å². The molecule has 0 saturated heterocycles. The van der Waals surface area contributed by atoms with Crippen LogP contribution >= 0.6 is 0 Å². The Morgan fingerprint density at radius 1 is 1.21 bits per heavy atom. The number of aliphatic hydroxyl groups excluding tert-OH is 1. The number of rotatable bonds is 1.